The van der Waals surface area contributed by atoms with Gasteiger partial charge in [-0.1, -0.05) is 13.8 Å². The zero-order chi connectivity index (χ0) is 12.8. The molecule has 0 fully saturated rings. The monoisotopic (exact) mass is 230 g/mol. The number of likely N-dealkylation sites (N-methyl/N-ethyl adjacent to an activating group) is 2. The van der Waals surface area contributed by atoms with E-state index >= 15 is 0 Å². The molecule has 0 heterocycles. The third kappa shape index (κ3) is 4.49. The van der Waals surface area contributed by atoms with Gasteiger partial charge in [0.1, 0.15) is 6.04 Å². The first-order chi connectivity index (χ1) is 7.38. The van der Waals surface area contributed by atoms with E-state index in [2.05, 4.69) is 31.0 Å². The molecule has 16 heavy (non-hydrogen) atoms. The van der Waals surface area contributed by atoms with Crippen LogP contribution < -0.4 is 5.32 Å². The SMILES string of the molecule is CCNC(CN(C)C(C)(C)CC)C(=O)OC. The second-order valence-electron chi connectivity index (χ2n) is 4.68. The highest BCUT2D eigenvalue weighted by Gasteiger charge is 2.27. The molecule has 4 nitrogen and oxygen atoms in total. The Hall–Kier alpha value is -0.610. The molecule has 1 N–H and O–H groups in total. The Morgan fingerprint density at radius 2 is 2.00 bits per heavy atom. The van der Waals surface area contributed by atoms with Crippen LogP contribution in [0.2, 0.25) is 0 Å². The van der Waals surface area contributed by atoms with Gasteiger partial charge in [-0.05, 0) is 33.9 Å². The fourth-order valence-electron chi connectivity index (χ4n) is 1.40. The number of rotatable bonds is 7. The largest absolute Gasteiger partial charge is 0.468 e. The lowest BCUT2D eigenvalue weighted by Crippen LogP contribution is -2.51. The quantitative estimate of drug-likeness (QED) is 0.669. The van der Waals surface area contributed by atoms with Gasteiger partial charge in [0.25, 0.3) is 0 Å². The van der Waals surface area contributed by atoms with Crippen LogP contribution in [0, 0.1) is 0 Å². The molecule has 0 aromatic heterocycles. The summed E-state index contributed by atoms with van der Waals surface area (Å²) in [4.78, 5) is 13.7. The maximum absolute atomic E-state index is 11.5. The van der Waals surface area contributed by atoms with E-state index in [4.69, 9.17) is 4.74 Å². The Morgan fingerprint density at radius 1 is 1.44 bits per heavy atom. The average Bonchev–Trinajstić information content (AvgIpc) is 2.27. The first kappa shape index (κ1) is 15.4. The summed E-state index contributed by atoms with van der Waals surface area (Å²) in [6.45, 7) is 9.92. The molecule has 96 valence electrons. The Balaban J connectivity index is 4.45. The highest BCUT2D eigenvalue weighted by Crippen LogP contribution is 2.16. The third-order valence-electron chi connectivity index (χ3n) is 3.29. The second-order valence-corrected chi connectivity index (χ2v) is 4.68. The summed E-state index contributed by atoms with van der Waals surface area (Å²) in [6.07, 6.45) is 1.05. The van der Waals surface area contributed by atoms with Crippen molar-refractivity contribution in [1.82, 2.24) is 10.2 Å². The van der Waals surface area contributed by atoms with E-state index in [-0.39, 0.29) is 17.6 Å². The highest BCUT2D eigenvalue weighted by molar-refractivity contribution is 5.75. The molecule has 0 aromatic carbocycles. The molecule has 0 aromatic rings. The van der Waals surface area contributed by atoms with Crippen molar-refractivity contribution in [2.75, 3.05) is 27.2 Å². The van der Waals surface area contributed by atoms with Crippen molar-refractivity contribution in [2.45, 2.75) is 45.7 Å². The maximum atomic E-state index is 11.5. The van der Waals surface area contributed by atoms with E-state index in [1.807, 2.05) is 14.0 Å². The van der Waals surface area contributed by atoms with Gasteiger partial charge in [0.05, 0.1) is 7.11 Å². The van der Waals surface area contributed by atoms with Crippen molar-refractivity contribution in [2.24, 2.45) is 0 Å². The molecule has 0 aliphatic carbocycles. The fraction of sp³-hybridized carbons (Fsp3) is 0.917. The number of esters is 1. The van der Waals surface area contributed by atoms with Gasteiger partial charge in [0.15, 0.2) is 0 Å². The minimum atomic E-state index is -0.245. The van der Waals surface area contributed by atoms with Crippen LogP contribution >= 0.6 is 0 Å². The van der Waals surface area contributed by atoms with E-state index < -0.39 is 0 Å². The van der Waals surface area contributed by atoms with Crippen molar-refractivity contribution in [3.8, 4) is 0 Å². The molecule has 0 spiro atoms. The standard InChI is InChI=1S/C12H26N2O2/c1-7-12(3,4)14(5)9-10(13-8-2)11(15)16-6/h10,13H,7-9H2,1-6H3. The normalized spacial score (nSPS) is 13.9. The summed E-state index contributed by atoms with van der Waals surface area (Å²) in [5.41, 5.74) is 0.0989. The smallest absolute Gasteiger partial charge is 0.324 e. The van der Waals surface area contributed by atoms with Gasteiger partial charge < -0.3 is 10.1 Å². The maximum Gasteiger partial charge on any atom is 0.324 e. The number of nitrogens with zero attached hydrogens (tertiary/aromatic N) is 1. The summed E-state index contributed by atoms with van der Waals surface area (Å²) in [5, 5.41) is 3.14. The molecule has 0 saturated carbocycles. The van der Waals surface area contributed by atoms with Crippen LogP contribution in [0.25, 0.3) is 0 Å². The van der Waals surface area contributed by atoms with Crippen LogP contribution in [0.1, 0.15) is 34.1 Å². The topological polar surface area (TPSA) is 41.6 Å². The van der Waals surface area contributed by atoms with E-state index in [0.29, 0.717) is 6.54 Å². The Labute approximate surface area is 99.3 Å². The number of hydrogen-bond acceptors (Lipinski definition) is 4. The molecular formula is C12H26N2O2. The first-order valence-corrected chi connectivity index (χ1v) is 5.91. The van der Waals surface area contributed by atoms with Crippen molar-refractivity contribution < 1.29 is 9.53 Å². The minimum Gasteiger partial charge on any atom is -0.468 e. The summed E-state index contributed by atoms with van der Waals surface area (Å²) < 4.78 is 4.78. The molecule has 0 rings (SSSR count). The number of carbonyl (C=O) groups excluding carboxylic acids is 1. The lowest BCUT2D eigenvalue weighted by atomic mass is 9.99. The van der Waals surface area contributed by atoms with Gasteiger partial charge in [-0.3, -0.25) is 9.69 Å². The number of carbonyl (C=O) groups is 1. The molecule has 0 amide bonds. The van der Waals surface area contributed by atoms with E-state index in [1.54, 1.807) is 0 Å². The number of nitrogens with one attached hydrogen (secondary N) is 1. The van der Waals surface area contributed by atoms with Crippen molar-refractivity contribution >= 4 is 5.97 Å². The molecule has 1 atom stereocenters. The van der Waals surface area contributed by atoms with Gasteiger partial charge in [-0.15, -0.1) is 0 Å². The molecule has 4 heteroatoms. The minimum absolute atomic E-state index is 0.0989. The third-order valence-corrected chi connectivity index (χ3v) is 3.29. The molecule has 0 aliphatic rings. The summed E-state index contributed by atoms with van der Waals surface area (Å²) >= 11 is 0. The molecule has 0 bridgehead atoms. The van der Waals surface area contributed by atoms with Crippen molar-refractivity contribution in [1.29, 1.82) is 0 Å². The molecule has 0 radical (unpaired) electrons. The Bertz CT molecular complexity index is 217. The predicted molar refractivity (Wildman–Crippen MR) is 66.5 cm³/mol. The van der Waals surface area contributed by atoms with Crippen LogP contribution in [0.3, 0.4) is 0 Å². The fourth-order valence-corrected chi connectivity index (χ4v) is 1.40. The number of ether oxygens (including phenoxy) is 1. The van der Waals surface area contributed by atoms with Gasteiger partial charge in [-0.2, -0.15) is 0 Å². The van der Waals surface area contributed by atoms with Gasteiger partial charge in [0.2, 0.25) is 0 Å². The van der Waals surface area contributed by atoms with Crippen LogP contribution in [0.15, 0.2) is 0 Å². The highest BCUT2D eigenvalue weighted by atomic mass is 16.5. The molecule has 0 saturated heterocycles. The summed E-state index contributed by atoms with van der Waals surface area (Å²) in [5.74, 6) is -0.194. The predicted octanol–water partition coefficient (Wildman–Crippen LogP) is 1.26. The van der Waals surface area contributed by atoms with Gasteiger partial charge >= 0.3 is 5.97 Å². The zero-order valence-electron chi connectivity index (χ0n) is 11.5. The van der Waals surface area contributed by atoms with E-state index in [0.717, 1.165) is 13.0 Å². The molecular weight excluding hydrogens is 204 g/mol. The number of hydrogen-bond donors (Lipinski definition) is 1. The van der Waals surface area contributed by atoms with Crippen LogP contribution in [0.4, 0.5) is 0 Å². The van der Waals surface area contributed by atoms with Crippen LogP contribution in [-0.2, 0) is 9.53 Å². The van der Waals surface area contributed by atoms with Crippen molar-refractivity contribution in [3.63, 3.8) is 0 Å². The molecule has 0 aliphatic heterocycles. The Morgan fingerprint density at radius 3 is 2.38 bits per heavy atom. The second kappa shape index (κ2) is 6.86. The summed E-state index contributed by atoms with van der Waals surface area (Å²) in [6, 6.07) is -0.245. The zero-order valence-corrected chi connectivity index (χ0v) is 11.5. The van der Waals surface area contributed by atoms with E-state index in [1.165, 1.54) is 7.11 Å². The van der Waals surface area contributed by atoms with Gasteiger partial charge in [0, 0.05) is 12.1 Å². The Kier molecular flexibility index (Phi) is 6.60. The van der Waals surface area contributed by atoms with E-state index in [9.17, 15) is 4.79 Å². The summed E-state index contributed by atoms with van der Waals surface area (Å²) in [7, 11) is 3.47. The average molecular weight is 230 g/mol. The molecule has 1 unspecified atom stereocenters. The lowest BCUT2D eigenvalue weighted by Gasteiger charge is -2.36. The van der Waals surface area contributed by atoms with Crippen molar-refractivity contribution in [3.05, 3.63) is 0 Å². The van der Waals surface area contributed by atoms with Crippen LogP contribution in [-0.4, -0.2) is 49.7 Å². The lowest BCUT2D eigenvalue weighted by molar-refractivity contribution is -0.143. The first-order valence-electron chi connectivity index (χ1n) is 5.91. The van der Waals surface area contributed by atoms with Crippen LogP contribution in [0.5, 0.6) is 0 Å². The van der Waals surface area contributed by atoms with Gasteiger partial charge in [-0.25, -0.2) is 0 Å². The number of methoxy groups -OCH3 is 1.